The van der Waals surface area contributed by atoms with Gasteiger partial charge in [0.25, 0.3) is 0 Å². The second kappa shape index (κ2) is 9.80. The number of benzene rings is 2. The van der Waals surface area contributed by atoms with Crippen molar-refractivity contribution in [2.24, 2.45) is 0 Å². The van der Waals surface area contributed by atoms with Crippen molar-refractivity contribution in [1.29, 1.82) is 0 Å². The lowest BCUT2D eigenvalue weighted by atomic mass is 10.1. The molecular weight excluding hydrogens is 390 g/mol. The van der Waals surface area contributed by atoms with Crippen LogP contribution in [0.5, 0.6) is 0 Å². The summed E-state index contributed by atoms with van der Waals surface area (Å²) in [6, 6.07) is 18.0. The molecule has 0 radical (unpaired) electrons. The minimum Gasteiger partial charge on any atom is -0.352 e. The molecule has 0 saturated carbocycles. The first-order valence-corrected chi connectivity index (χ1v) is 10.6. The van der Waals surface area contributed by atoms with Gasteiger partial charge in [0.1, 0.15) is 0 Å². The quantitative estimate of drug-likeness (QED) is 0.528. The molecule has 6 heteroatoms. The number of carbonyl (C=O) groups excluding carboxylic acids is 1. The average Bonchev–Trinajstić information content (AvgIpc) is 2.99. The van der Waals surface area contributed by atoms with E-state index in [0.29, 0.717) is 13.0 Å². The Morgan fingerprint density at radius 2 is 1.86 bits per heavy atom. The second-order valence-electron chi connectivity index (χ2n) is 6.73. The second-order valence-corrected chi connectivity index (χ2v) is 8.34. The van der Waals surface area contributed by atoms with Crippen LogP contribution in [-0.2, 0) is 17.9 Å². The lowest BCUT2D eigenvalue weighted by Crippen LogP contribution is -2.23. The Hall–Kier alpha value is -2.24. The number of thioether (sulfide) groups is 1. The van der Waals surface area contributed by atoms with Gasteiger partial charge in [0.2, 0.25) is 5.91 Å². The van der Waals surface area contributed by atoms with Crippen LogP contribution >= 0.6 is 23.4 Å². The monoisotopic (exact) mass is 413 g/mol. The summed E-state index contributed by atoms with van der Waals surface area (Å²) in [6.45, 7) is 5.33. The van der Waals surface area contributed by atoms with Gasteiger partial charge in [-0.3, -0.25) is 9.48 Å². The molecule has 0 saturated heterocycles. The Bertz CT molecular complexity index is 937. The van der Waals surface area contributed by atoms with Crippen molar-refractivity contribution in [3.63, 3.8) is 0 Å². The van der Waals surface area contributed by atoms with E-state index in [4.69, 9.17) is 11.6 Å². The van der Waals surface area contributed by atoms with Crippen LogP contribution < -0.4 is 5.32 Å². The molecule has 0 aliphatic rings. The van der Waals surface area contributed by atoms with E-state index in [0.717, 1.165) is 39.2 Å². The summed E-state index contributed by atoms with van der Waals surface area (Å²) in [5, 5.41) is 8.24. The van der Waals surface area contributed by atoms with Crippen LogP contribution in [0.4, 0.5) is 0 Å². The number of hydrogen-bond donors (Lipinski definition) is 1. The predicted molar refractivity (Wildman–Crippen MR) is 116 cm³/mol. The molecule has 1 N–H and O–H groups in total. The van der Waals surface area contributed by atoms with E-state index in [1.807, 2.05) is 48.0 Å². The molecular formula is C22H24ClN3OS. The Balaban J connectivity index is 1.45. The summed E-state index contributed by atoms with van der Waals surface area (Å²) < 4.78 is 2.00. The van der Waals surface area contributed by atoms with Gasteiger partial charge in [-0.15, -0.1) is 11.8 Å². The Labute approximate surface area is 175 Å². The zero-order valence-electron chi connectivity index (χ0n) is 16.1. The number of halogens is 1. The van der Waals surface area contributed by atoms with E-state index in [1.165, 1.54) is 5.56 Å². The van der Waals surface area contributed by atoms with Crippen LogP contribution in [0.1, 0.15) is 28.9 Å². The largest absolute Gasteiger partial charge is 0.352 e. The van der Waals surface area contributed by atoms with Crippen molar-refractivity contribution >= 4 is 29.3 Å². The number of amides is 1. The molecule has 4 nitrogen and oxygen atoms in total. The van der Waals surface area contributed by atoms with Crippen LogP contribution in [-0.4, -0.2) is 21.4 Å². The molecule has 0 aliphatic heterocycles. The Kier molecular flexibility index (Phi) is 7.18. The fraction of sp³-hybridized carbons (Fsp3) is 0.273. The van der Waals surface area contributed by atoms with Gasteiger partial charge in [-0.25, -0.2) is 0 Å². The Morgan fingerprint density at radius 3 is 2.57 bits per heavy atom. The number of carbonyl (C=O) groups is 1. The first-order chi connectivity index (χ1) is 13.5. The number of aromatic nitrogens is 2. The number of aryl methyl sites for hydroxylation is 2. The summed E-state index contributed by atoms with van der Waals surface area (Å²) in [7, 11) is 0. The Morgan fingerprint density at radius 1 is 1.11 bits per heavy atom. The molecule has 0 aliphatic carbocycles. The van der Waals surface area contributed by atoms with Crippen LogP contribution in [0.2, 0.25) is 5.02 Å². The molecule has 0 spiro atoms. The summed E-state index contributed by atoms with van der Waals surface area (Å²) >= 11 is 7.54. The van der Waals surface area contributed by atoms with Gasteiger partial charge in [0, 0.05) is 34.3 Å². The van der Waals surface area contributed by atoms with E-state index in [-0.39, 0.29) is 5.91 Å². The molecule has 1 heterocycles. The van der Waals surface area contributed by atoms with Gasteiger partial charge >= 0.3 is 0 Å². The predicted octanol–water partition coefficient (Wildman–Crippen LogP) is 5.00. The van der Waals surface area contributed by atoms with Gasteiger partial charge in [-0.1, -0.05) is 35.9 Å². The first kappa shape index (κ1) is 20.5. The van der Waals surface area contributed by atoms with E-state index < -0.39 is 0 Å². The summed E-state index contributed by atoms with van der Waals surface area (Å²) in [5.41, 5.74) is 4.45. The molecule has 28 heavy (non-hydrogen) atoms. The molecule has 1 aromatic heterocycles. The standard InChI is InChI=1S/C22H24ClN3OS/c1-16-12-17(2)26(25-16)15-19-5-3-4-18(13-19)14-24-22(27)10-11-28-21-8-6-20(23)7-9-21/h3-9,12-13H,10-11,14-15H2,1-2H3,(H,24,27). The van der Waals surface area contributed by atoms with E-state index >= 15 is 0 Å². The molecule has 1 amide bonds. The maximum Gasteiger partial charge on any atom is 0.221 e. The maximum absolute atomic E-state index is 12.1. The highest BCUT2D eigenvalue weighted by Gasteiger charge is 2.05. The van der Waals surface area contributed by atoms with Crippen molar-refractivity contribution < 1.29 is 4.79 Å². The van der Waals surface area contributed by atoms with Crippen LogP contribution in [0, 0.1) is 13.8 Å². The van der Waals surface area contributed by atoms with Gasteiger partial charge in [0.15, 0.2) is 0 Å². The number of rotatable bonds is 8. The molecule has 0 fully saturated rings. The molecule has 2 aromatic carbocycles. The van der Waals surface area contributed by atoms with Crippen molar-refractivity contribution in [2.75, 3.05) is 5.75 Å². The number of hydrogen-bond acceptors (Lipinski definition) is 3. The molecule has 3 rings (SSSR count). The zero-order chi connectivity index (χ0) is 19.9. The van der Waals surface area contributed by atoms with Crippen molar-refractivity contribution in [1.82, 2.24) is 15.1 Å². The van der Waals surface area contributed by atoms with Crippen LogP contribution in [0.3, 0.4) is 0 Å². The topological polar surface area (TPSA) is 46.9 Å². The molecule has 0 atom stereocenters. The summed E-state index contributed by atoms with van der Waals surface area (Å²) in [5.74, 6) is 0.802. The van der Waals surface area contributed by atoms with Gasteiger partial charge in [-0.05, 0) is 55.3 Å². The lowest BCUT2D eigenvalue weighted by molar-refractivity contribution is -0.120. The van der Waals surface area contributed by atoms with Crippen LogP contribution in [0.25, 0.3) is 0 Å². The third-order valence-electron chi connectivity index (χ3n) is 4.33. The highest BCUT2D eigenvalue weighted by molar-refractivity contribution is 7.99. The maximum atomic E-state index is 12.1. The van der Waals surface area contributed by atoms with Crippen molar-refractivity contribution in [2.45, 2.75) is 38.3 Å². The van der Waals surface area contributed by atoms with E-state index in [2.05, 4.69) is 35.5 Å². The fourth-order valence-corrected chi connectivity index (χ4v) is 3.91. The normalized spacial score (nSPS) is 10.8. The lowest BCUT2D eigenvalue weighted by Gasteiger charge is -2.09. The summed E-state index contributed by atoms with van der Waals surface area (Å²) in [6.07, 6.45) is 0.485. The van der Waals surface area contributed by atoms with Crippen molar-refractivity contribution in [3.05, 3.63) is 82.1 Å². The van der Waals surface area contributed by atoms with Gasteiger partial charge in [0.05, 0.1) is 12.2 Å². The minimum absolute atomic E-state index is 0.0606. The third-order valence-corrected chi connectivity index (χ3v) is 5.59. The highest BCUT2D eigenvalue weighted by Crippen LogP contribution is 2.20. The minimum atomic E-state index is 0.0606. The molecule has 0 bridgehead atoms. The fourth-order valence-electron chi connectivity index (χ4n) is 2.93. The summed E-state index contributed by atoms with van der Waals surface area (Å²) in [4.78, 5) is 13.2. The molecule has 0 unspecified atom stereocenters. The average molecular weight is 414 g/mol. The van der Waals surface area contributed by atoms with Gasteiger partial charge in [-0.2, -0.15) is 5.10 Å². The van der Waals surface area contributed by atoms with Crippen molar-refractivity contribution in [3.8, 4) is 0 Å². The number of nitrogens with one attached hydrogen (secondary N) is 1. The van der Waals surface area contributed by atoms with Gasteiger partial charge < -0.3 is 5.32 Å². The number of nitrogens with zero attached hydrogens (tertiary/aromatic N) is 2. The third kappa shape index (κ3) is 6.14. The SMILES string of the molecule is Cc1cc(C)n(Cc2cccc(CNC(=O)CCSc3ccc(Cl)cc3)c2)n1. The molecule has 3 aromatic rings. The van der Waals surface area contributed by atoms with Crippen LogP contribution in [0.15, 0.2) is 59.5 Å². The first-order valence-electron chi connectivity index (χ1n) is 9.23. The smallest absolute Gasteiger partial charge is 0.221 e. The molecule has 146 valence electrons. The highest BCUT2D eigenvalue weighted by atomic mass is 35.5. The van der Waals surface area contributed by atoms with E-state index in [9.17, 15) is 4.79 Å². The van der Waals surface area contributed by atoms with E-state index in [1.54, 1.807) is 11.8 Å². The zero-order valence-corrected chi connectivity index (χ0v) is 17.7.